The highest BCUT2D eigenvalue weighted by molar-refractivity contribution is 7.85. The Morgan fingerprint density at radius 2 is 1.36 bits per heavy atom. The lowest BCUT2D eigenvalue weighted by Crippen LogP contribution is -2.36. The van der Waals surface area contributed by atoms with E-state index in [9.17, 15) is 17.8 Å². The number of carbonyl (C=O) groups excluding carboxylic acids is 1. The van der Waals surface area contributed by atoms with Gasteiger partial charge in [0.15, 0.2) is 0 Å². The predicted molar refractivity (Wildman–Crippen MR) is 102 cm³/mol. The molecule has 2 amide bonds. The Hall–Kier alpha value is -1.08. The lowest BCUT2D eigenvalue weighted by atomic mass is 10.1. The number of rotatable bonds is 16. The minimum absolute atomic E-state index is 0.0728. The molecular formula is C18H35N2O4S-. The van der Waals surface area contributed by atoms with Crippen LogP contribution in [0.2, 0.25) is 0 Å². The number of nitrogens with one attached hydrogen (secondary N) is 2. The molecule has 25 heavy (non-hydrogen) atoms. The Morgan fingerprint density at radius 3 is 1.92 bits per heavy atom. The first-order valence-corrected chi connectivity index (χ1v) is 11.1. The quantitative estimate of drug-likeness (QED) is 0.244. The molecular weight excluding hydrogens is 340 g/mol. The summed E-state index contributed by atoms with van der Waals surface area (Å²) in [5, 5.41) is 5.71. The molecule has 0 unspecified atom stereocenters. The van der Waals surface area contributed by atoms with E-state index >= 15 is 0 Å². The standard InChI is InChI=1S/C18H36N2O4S/c1-2-3-12-15-19-18(21)20-16-13-10-8-6-4-5-7-9-11-14-17-25(22,23)24/h4,6H,2-3,5,7-17H2,1H3,(H2,19,20,21)(H,22,23,24)/p-1/b6-4+. The van der Waals surface area contributed by atoms with Crippen LogP contribution in [0, 0.1) is 0 Å². The minimum atomic E-state index is -4.04. The summed E-state index contributed by atoms with van der Waals surface area (Å²) in [5.74, 6) is -0.242. The van der Waals surface area contributed by atoms with E-state index in [-0.39, 0.29) is 11.8 Å². The molecule has 0 aromatic carbocycles. The van der Waals surface area contributed by atoms with Crippen LogP contribution in [0.4, 0.5) is 4.79 Å². The Bertz CT molecular complexity index is 450. The Labute approximate surface area is 153 Å². The van der Waals surface area contributed by atoms with Crippen LogP contribution in [-0.4, -0.2) is 37.8 Å². The monoisotopic (exact) mass is 375 g/mol. The van der Waals surface area contributed by atoms with Gasteiger partial charge in [-0.15, -0.1) is 0 Å². The summed E-state index contributed by atoms with van der Waals surface area (Å²) < 4.78 is 31.3. The van der Waals surface area contributed by atoms with Gasteiger partial charge in [-0.3, -0.25) is 0 Å². The van der Waals surface area contributed by atoms with Crippen LogP contribution in [0.5, 0.6) is 0 Å². The van der Waals surface area contributed by atoms with Crippen LogP contribution in [-0.2, 0) is 10.1 Å². The van der Waals surface area contributed by atoms with Gasteiger partial charge in [0, 0.05) is 18.8 Å². The van der Waals surface area contributed by atoms with Crippen LogP contribution in [0.1, 0.15) is 77.6 Å². The molecule has 0 fully saturated rings. The third-order valence-corrected chi connectivity index (χ3v) is 4.62. The van der Waals surface area contributed by atoms with Crippen molar-refractivity contribution in [3.8, 4) is 0 Å². The Kier molecular flexibility index (Phi) is 15.7. The zero-order valence-electron chi connectivity index (χ0n) is 15.6. The van der Waals surface area contributed by atoms with Crippen LogP contribution in [0.3, 0.4) is 0 Å². The van der Waals surface area contributed by atoms with E-state index in [0.717, 1.165) is 70.8 Å². The van der Waals surface area contributed by atoms with Crippen LogP contribution in [0.25, 0.3) is 0 Å². The van der Waals surface area contributed by atoms with Gasteiger partial charge < -0.3 is 15.2 Å². The summed E-state index contributed by atoms with van der Waals surface area (Å²) in [5.41, 5.74) is 0. The number of hydrogen-bond acceptors (Lipinski definition) is 4. The minimum Gasteiger partial charge on any atom is -0.748 e. The first kappa shape index (κ1) is 23.9. The van der Waals surface area contributed by atoms with Gasteiger partial charge in [-0.2, -0.15) is 0 Å². The van der Waals surface area contributed by atoms with Crippen LogP contribution >= 0.6 is 0 Å². The molecule has 6 nitrogen and oxygen atoms in total. The van der Waals surface area contributed by atoms with E-state index in [1.54, 1.807) is 0 Å². The average Bonchev–Trinajstić information content (AvgIpc) is 2.55. The first-order valence-electron chi connectivity index (χ1n) is 9.56. The zero-order chi connectivity index (χ0) is 18.8. The molecule has 0 atom stereocenters. The number of hydrogen-bond donors (Lipinski definition) is 2. The molecule has 0 spiro atoms. The van der Waals surface area contributed by atoms with Crippen molar-refractivity contribution in [2.75, 3.05) is 18.8 Å². The third kappa shape index (κ3) is 20.9. The van der Waals surface area contributed by atoms with Gasteiger partial charge in [0.2, 0.25) is 0 Å². The van der Waals surface area contributed by atoms with E-state index in [4.69, 9.17) is 0 Å². The van der Waals surface area contributed by atoms with Crippen molar-refractivity contribution < 1.29 is 17.8 Å². The molecule has 0 rings (SSSR count). The van der Waals surface area contributed by atoms with Gasteiger partial charge in [-0.05, 0) is 44.9 Å². The molecule has 0 aromatic rings. The number of allylic oxidation sites excluding steroid dienone is 2. The number of carbonyl (C=O) groups is 1. The molecule has 7 heteroatoms. The normalized spacial score (nSPS) is 11.8. The summed E-state index contributed by atoms with van der Waals surface area (Å²) in [6, 6.07) is -0.0728. The first-order chi connectivity index (χ1) is 12.0. The SMILES string of the molecule is CCCCCNC(=O)NCCCC/C=C/CCCCCCS(=O)(=O)[O-]. The van der Waals surface area contributed by atoms with E-state index in [0.29, 0.717) is 13.0 Å². The smallest absolute Gasteiger partial charge is 0.314 e. The molecule has 0 aliphatic heterocycles. The fraction of sp³-hybridized carbons (Fsp3) is 0.833. The molecule has 0 aliphatic rings. The maximum atomic E-state index is 11.5. The molecule has 2 N–H and O–H groups in total. The van der Waals surface area contributed by atoms with E-state index < -0.39 is 10.1 Å². The lowest BCUT2D eigenvalue weighted by Gasteiger charge is -2.06. The molecule has 0 aromatic heterocycles. The van der Waals surface area contributed by atoms with Crippen molar-refractivity contribution in [3.05, 3.63) is 12.2 Å². The lowest BCUT2D eigenvalue weighted by molar-refractivity contribution is 0.240. The van der Waals surface area contributed by atoms with Crippen molar-refractivity contribution in [1.29, 1.82) is 0 Å². The van der Waals surface area contributed by atoms with Gasteiger partial charge in [-0.1, -0.05) is 44.8 Å². The molecule has 0 heterocycles. The maximum absolute atomic E-state index is 11.5. The molecule has 0 saturated carbocycles. The van der Waals surface area contributed by atoms with Crippen molar-refractivity contribution >= 4 is 16.1 Å². The fourth-order valence-electron chi connectivity index (χ4n) is 2.36. The maximum Gasteiger partial charge on any atom is 0.314 e. The predicted octanol–water partition coefficient (Wildman–Crippen LogP) is 3.70. The van der Waals surface area contributed by atoms with Crippen LogP contribution < -0.4 is 10.6 Å². The summed E-state index contributed by atoms with van der Waals surface area (Å²) in [6.07, 6.45) is 14.9. The van der Waals surface area contributed by atoms with E-state index in [2.05, 4.69) is 29.7 Å². The summed E-state index contributed by atoms with van der Waals surface area (Å²) in [7, 11) is -4.04. The van der Waals surface area contributed by atoms with Gasteiger partial charge in [-0.25, -0.2) is 13.2 Å². The Balaban J connectivity index is 3.29. The van der Waals surface area contributed by atoms with Crippen molar-refractivity contribution in [1.82, 2.24) is 10.6 Å². The zero-order valence-corrected chi connectivity index (χ0v) is 16.4. The largest absolute Gasteiger partial charge is 0.748 e. The highest BCUT2D eigenvalue weighted by Crippen LogP contribution is 2.06. The van der Waals surface area contributed by atoms with Crippen molar-refractivity contribution in [2.24, 2.45) is 0 Å². The van der Waals surface area contributed by atoms with Crippen molar-refractivity contribution in [2.45, 2.75) is 77.6 Å². The Morgan fingerprint density at radius 1 is 0.840 bits per heavy atom. The second-order valence-corrected chi connectivity index (χ2v) is 7.85. The van der Waals surface area contributed by atoms with Crippen molar-refractivity contribution in [3.63, 3.8) is 0 Å². The molecule has 0 aliphatic carbocycles. The second kappa shape index (κ2) is 16.4. The molecule has 148 valence electrons. The molecule has 0 bridgehead atoms. The summed E-state index contributed by atoms with van der Waals surface area (Å²) in [6.45, 7) is 3.59. The highest BCUT2D eigenvalue weighted by atomic mass is 32.2. The van der Waals surface area contributed by atoms with Gasteiger partial charge in [0.25, 0.3) is 0 Å². The summed E-state index contributed by atoms with van der Waals surface area (Å²) >= 11 is 0. The third-order valence-electron chi connectivity index (χ3n) is 3.83. The highest BCUT2D eigenvalue weighted by Gasteiger charge is 1.97. The van der Waals surface area contributed by atoms with E-state index in [1.807, 2.05) is 0 Å². The summed E-state index contributed by atoms with van der Waals surface area (Å²) in [4.78, 5) is 11.5. The fourth-order valence-corrected chi connectivity index (χ4v) is 2.92. The second-order valence-electron chi connectivity index (χ2n) is 6.32. The number of amides is 2. The van der Waals surface area contributed by atoms with Crippen LogP contribution in [0.15, 0.2) is 12.2 Å². The van der Waals surface area contributed by atoms with Gasteiger partial charge in [0.1, 0.15) is 0 Å². The van der Waals surface area contributed by atoms with E-state index in [1.165, 1.54) is 0 Å². The number of unbranched alkanes of at least 4 members (excludes halogenated alkanes) is 8. The average molecular weight is 376 g/mol. The molecule has 0 radical (unpaired) electrons. The molecule has 0 saturated heterocycles. The number of urea groups is 1. The van der Waals surface area contributed by atoms with Gasteiger partial charge >= 0.3 is 6.03 Å². The topological polar surface area (TPSA) is 98.3 Å². The van der Waals surface area contributed by atoms with Gasteiger partial charge in [0.05, 0.1) is 10.1 Å².